The lowest BCUT2D eigenvalue weighted by Crippen LogP contribution is -2.29. The largest absolute Gasteiger partial charge is 0.391 e. The van der Waals surface area contributed by atoms with Crippen LogP contribution in [0.3, 0.4) is 0 Å². The summed E-state index contributed by atoms with van der Waals surface area (Å²) in [7, 11) is -1.13. The summed E-state index contributed by atoms with van der Waals surface area (Å²) in [5.41, 5.74) is 0. The second-order valence-corrected chi connectivity index (χ2v) is 9.88. The van der Waals surface area contributed by atoms with E-state index in [4.69, 9.17) is 4.74 Å². The van der Waals surface area contributed by atoms with E-state index < -0.39 is 8.07 Å². The summed E-state index contributed by atoms with van der Waals surface area (Å²) in [6.07, 6.45) is 0.503. The lowest BCUT2D eigenvalue weighted by atomic mass is 10.4. The molecule has 0 aliphatic heterocycles. The molecule has 1 atom stereocenters. The molecule has 12 heavy (non-hydrogen) atoms. The molecule has 73 valence electrons. The quantitative estimate of drug-likeness (QED) is 0.511. The monoisotopic (exact) mass is 189 g/mol. The highest BCUT2D eigenvalue weighted by Crippen LogP contribution is 2.11. The van der Waals surface area contributed by atoms with Crippen LogP contribution in [-0.2, 0) is 4.74 Å². The summed E-state index contributed by atoms with van der Waals surface area (Å²) < 4.78 is 5.20. The van der Waals surface area contributed by atoms with Gasteiger partial charge in [-0.15, -0.1) is 0 Å². The third kappa shape index (κ3) is 8.24. The zero-order valence-electron chi connectivity index (χ0n) is 8.47. The third-order valence-corrected chi connectivity index (χ3v) is 3.14. The van der Waals surface area contributed by atoms with Crippen molar-refractivity contribution in [2.75, 3.05) is 13.2 Å². The molecule has 0 aromatic carbocycles. The summed E-state index contributed by atoms with van der Waals surface area (Å²) in [4.78, 5) is 0. The van der Waals surface area contributed by atoms with Crippen LogP contribution in [-0.4, -0.2) is 32.5 Å². The van der Waals surface area contributed by atoms with E-state index in [0.29, 0.717) is 13.2 Å². The van der Waals surface area contributed by atoms with Crippen LogP contribution >= 0.6 is 0 Å². The lowest BCUT2D eigenvalue weighted by molar-refractivity contribution is 0.0476. The predicted octanol–water partition coefficient (Wildman–Crippen LogP) is 1.93. The minimum atomic E-state index is -1.13. The van der Waals surface area contributed by atoms with E-state index in [1.165, 1.54) is 0 Å². The molecule has 3 heteroatoms. The van der Waals surface area contributed by atoms with Crippen LogP contribution in [0.1, 0.15) is 6.42 Å². The molecule has 0 aliphatic carbocycles. The maximum Gasteiger partial charge on any atom is 0.0750 e. The topological polar surface area (TPSA) is 29.5 Å². The Morgan fingerprint density at radius 3 is 2.42 bits per heavy atom. The Bertz CT molecular complexity index is 110. The van der Waals surface area contributed by atoms with E-state index in [0.717, 1.165) is 12.5 Å². The van der Waals surface area contributed by atoms with Crippen molar-refractivity contribution in [3.63, 3.8) is 0 Å². The molecule has 0 saturated heterocycles. The summed E-state index contributed by atoms with van der Waals surface area (Å²) in [6.45, 7) is 11.5. The van der Waals surface area contributed by atoms with Gasteiger partial charge < -0.3 is 9.84 Å². The van der Waals surface area contributed by atoms with Gasteiger partial charge in [-0.25, -0.2) is 0 Å². The Balaban J connectivity index is 3.40. The molecule has 2 nitrogen and oxygen atoms in total. The van der Waals surface area contributed by atoms with E-state index in [2.05, 4.69) is 26.6 Å². The molecule has 0 rings (SSSR count). The van der Waals surface area contributed by atoms with Crippen LogP contribution in [0.5, 0.6) is 0 Å². The first kappa shape index (κ1) is 12.1. The molecule has 0 spiro atoms. The Labute approximate surface area is 76.9 Å². The fourth-order valence-corrected chi connectivity index (χ4v) is 2.62. The first-order valence-corrected chi connectivity index (χ1v) is 8.21. The Hall–Kier alpha value is 0.137. The molecular weight excluding hydrogens is 168 g/mol. The maximum atomic E-state index is 9.50. The van der Waals surface area contributed by atoms with Crippen LogP contribution in [0.4, 0.5) is 0 Å². The molecule has 0 amide bonds. The minimum absolute atomic E-state index is 0.275. The highest BCUT2D eigenvalue weighted by atomic mass is 28.3. The molecule has 1 unspecified atom stereocenters. The van der Waals surface area contributed by atoms with Gasteiger partial charge in [-0.2, -0.15) is 0 Å². The number of aliphatic hydroxyl groups is 1. The van der Waals surface area contributed by atoms with Gasteiger partial charge in [0.1, 0.15) is 0 Å². The van der Waals surface area contributed by atoms with Gasteiger partial charge in [0, 0.05) is 14.7 Å². The van der Waals surface area contributed by atoms with Gasteiger partial charge >= 0.3 is 0 Å². The number of ether oxygens (including phenoxy) is 1. The van der Waals surface area contributed by atoms with Gasteiger partial charge in [-0.1, -0.05) is 26.6 Å². The second kappa shape index (κ2) is 5.73. The molecular formula is C9H21O2Si. The molecule has 0 saturated carbocycles. The average Bonchev–Trinajstić information content (AvgIpc) is 1.84. The van der Waals surface area contributed by atoms with Gasteiger partial charge in [0.15, 0.2) is 0 Å². The molecule has 0 aliphatic rings. The first-order chi connectivity index (χ1) is 5.45. The molecule has 0 aromatic heterocycles. The fraction of sp³-hybridized carbons (Fsp3) is 0.889. The average molecular weight is 189 g/mol. The van der Waals surface area contributed by atoms with Crippen molar-refractivity contribution >= 4 is 8.07 Å². The molecule has 1 N–H and O–H groups in total. The number of aliphatic hydroxyl groups excluding tert-OH is 1. The number of hydrogen-bond donors (Lipinski definition) is 1. The van der Waals surface area contributed by atoms with Gasteiger partial charge in [-0.05, 0) is 12.5 Å². The molecule has 0 fully saturated rings. The molecule has 0 heterocycles. The number of hydrogen-bond acceptors (Lipinski definition) is 2. The van der Waals surface area contributed by atoms with Crippen molar-refractivity contribution in [3.8, 4) is 0 Å². The van der Waals surface area contributed by atoms with Crippen molar-refractivity contribution in [1.29, 1.82) is 0 Å². The van der Waals surface area contributed by atoms with Crippen molar-refractivity contribution in [1.82, 2.24) is 0 Å². The van der Waals surface area contributed by atoms with E-state index in [9.17, 15) is 5.11 Å². The summed E-state index contributed by atoms with van der Waals surface area (Å²) in [6, 6.07) is 0.921. The highest BCUT2D eigenvalue weighted by Gasteiger charge is 2.18. The van der Waals surface area contributed by atoms with Gasteiger partial charge in [0.2, 0.25) is 0 Å². The van der Waals surface area contributed by atoms with E-state index in [1.807, 2.05) is 0 Å². The Morgan fingerprint density at radius 1 is 1.42 bits per heavy atom. The van der Waals surface area contributed by atoms with Crippen molar-refractivity contribution in [2.45, 2.75) is 38.2 Å². The van der Waals surface area contributed by atoms with Gasteiger partial charge in [0.25, 0.3) is 0 Å². The standard InChI is InChI=1S/C9H21O2Si/c1-5-6-11-7-9(10)8-12(2,3)4/h9-10H,1,5-8H2,2-4H3. The van der Waals surface area contributed by atoms with Crippen molar-refractivity contribution < 1.29 is 9.84 Å². The van der Waals surface area contributed by atoms with Crippen LogP contribution in [0.15, 0.2) is 0 Å². The predicted molar refractivity (Wildman–Crippen MR) is 55.0 cm³/mol. The van der Waals surface area contributed by atoms with Gasteiger partial charge in [-0.3, -0.25) is 0 Å². The fourth-order valence-electron chi connectivity index (χ4n) is 1.09. The Morgan fingerprint density at radius 2 is 2.00 bits per heavy atom. The smallest absolute Gasteiger partial charge is 0.0750 e. The molecule has 1 radical (unpaired) electrons. The summed E-state index contributed by atoms with van der Waals surface area (Å²) in [5.74, 6) is 0. The second-order valence-electron chi connectivity index (χ2n) is 4.35. The Kier molecular flexibility index (Phi) is 5.79. The molecule has 0 aromatic rings. The maximum absolute atomic E-state index is 9.50. The SMILES string of the molecule is [CH2]CCOCC(O)C[Si](C)(C)C. The highest BCUT2D eigenvalue weighted by molar-refractivity contribution is 6.76. The normalized spacial score (nSPS) is 14.8. The minimum Gasteiger partial charge on any atom is -0.391 e. The van der Waals surface area contributed by atoms with E-state index in [1.54, 1.807) is 0 Å². The summed E-state index contributed by atoms with van der Waals surface area (Å²) >= 11 is 0. The van der Waals surface area contributed by atoms with Crippen LogP contribution in [0.25, 0.3) is 0 Å². The zero-order valence-corrected chi connectivity index (χ0v) is 9.47. The van der Waals surface area contributed by atoms with Crippen LogP contribution in [0, 0.1) is 6.92 Å². The van der Waals surface area contributed by atoms with Crippen molar-refractivity contribution in [3.05, 3.63) is 6.92 Å². The van der Waals surface area contributed by atoms with Crippen LogP contribution in [0.2, 0.25) is 25.7 Å². The summed E-state index contributed by atoms with van der Waals surface area (Å²) in [5, 5.41) is 9.50. The third-order valence-electron chi connectivity index (χ3n) is 1.45. The first-order valence-electron chi connectivity index (χ1n) is 4.51. The lowest BCUT2D eigenvalue weighted by Gasteiger charge is -2.20. The van der Waals surface area contributed by atoms with E-state index >= 15 is 0 Å². The van der Waals surface area contributed by atoms with E-state index in [-0.39, 0.29) is 6.10 Å². The van der Waals surface area contributed by atoms with Gasteiger partial charge in [0.05, 0.1) is 12.7 Å². The van der Waals surface area contributed by atoms with Crippen molar-refractivity contribution in [2.24, 2.45) is 0 Å². The van der Waals surface area contributed by atoms with Crippen LogP contribution < -0.4 is 0 Å². The molecule has 0 bridgehead atoms. The zero-order chi connectivity index (χ0) is 9.61. The number of rotatable bonds is 6.